The molecule has 1 unspecified atom stereocenters. The molecule has 1 aliphatic heterocycles. The van der Waals surface area contributed by atoms with Crippen LogP contribution in [0, 0.1) is 0 Å². The number of nitrogens with one attached hydrogen (secondary N) is 1. The lowest BCUT2D eigenvalue weighted by Gasteiger charge is -2.33. The molecule has 4 rings (SSSR count). The van der Waals surface area contributed by atoms with Crippen LogP contribution in [0.25, 0.3) is 0 Å². The predicted molar refractivity (Wildman–Crippen MR) is 107 cm³/mol. The molecule has 5 nitrogen and oxygen atoms in total. The average Bonchev–Trinajstić information content (AvgIpc) is 2.71. The number of morpholine rings is 1. The highest BCUT2D eigenvalue weighted by Crippen LogP contribution is 2.25. The second-order valence-corrected chi connectivity index (χ2v) is 6.88. The standard InChI is InChI=1S/C21H21ClN4O/c22-17-7-2-1-6-16(17)14-26-12-13-27-19(15-26)18-8-5-10-21(24-18)25-20-9-3-4-11-23-20/h1-11,19H,12-15H2,(H,23,24,25). The van der Waals surface area contributed by atoms with Gasteiger partial charge in [0, 0.05) is 30.9 Å². The van der Waals surface area contributed by atoms with Crippen molar-refractivity contribution in [1.82, 2.24) is 14.9 Å². The van der Waals surface area contributed by atoms with E-state index in [9.17, 15) is 0 Å². The van der Waals surface area contributed by atoms with E-state index in [2.05, 4.69) is 21.3 Å². The van der Waals surface area contributed by atoms with Crippen molar-refractivity contribution in [3.8, 4) is 0 Å². The Kier molecular flexibility index (Phi) is 5.63. The molecule has 1 N–H and O–H groups in total. The van der Waals surface area contributed by atoms with Gasteiger partial charge in [-0.3, -0.25) is 4.90 Å². The normalized spacial score (nSPS) is 17.6. The van der Waals surface area contributed by atoms with Gasteiger partial charge in [0.1, 0.15) is 17.7 Å². The van der Waals surface area contributed by atoms with Gasteiger partial charge in [-0.05, 0) is 35.9 Å². The van der Waals surface area contributed by atoms with Crippen LogP contribution in [0.15, 0.2) is 66.9 Å². The Morgan fingerprint density at radius 2 is 1.89 bits per heavy atom. The summed E-state index contributed by atoms with van der Waals surface area (Å²) in [5.74, 6) is 1.53. The smallest absolute Gasteiger partial charge is 0.131 e. The van der Waals surface area contributed by atoms with Crippen molar-refractivity contribution in [2.45, 2.75) is 12.6 Å². The Hall–Kier alpha value is -2.47. The van der Waals surface area contributed by atoms with E-state index in [0.717, 1.165) is 47.6 Å². The quantitative estimate of drug-likeness (QED) is 0.708. The van der Waals surface area contributed by atoms with E-state index in [0.29, 0.717) is 6.61 Å². The SMILES string of the molecule is Clc1ccccc1CN1CCOC(c2cccc(Nc3ccccn3)n2)C1. The minimum absolute atomic E-state index is 0.0632. The number of aromatic nitrogens is 2. The summed E-state index contributed by atoms with van der Waals surface area (Å²) in [4.78, 5) is 11.4. The molecule has 2 aromatic heterocycles. The fraction of sp³-hybridized carbons (Fsp3) is 0.238. The third-order valence-corrected chi connectivity index (χ3v) is 4.89. The zero-order chi connectivity index (χ0) is 18.5. The minimum atomic E-state index is -0.0632. The van der Waals surface area contributed by atoms with Crippen LogP contribution >= 0.6 is 11.6 Å². The number of benzene rings is 1. The van der Waals surface area contributed by atoms with E-state index in [4.69, 9.17) is 21.3 Å². The number of halogens is 1. The molecule has 27 heavy (non-hydrogen) atoms. The summed E-state index contributed by atoms with van der Waals surface area (Å²) < 4.78 is 5.99. The van der Waals surface area contributed by atoms with Gasteiger partial charge in [-0.25, -0.2) is 9.97 Å². The zero-order valence-electron chi connectivity index (χ0n) is 14.9. The lowest BCUT2D eigenvalue weighted by Crippen LogP contribution is -2.38. The Morgan fingerprint density at radius 3 is 2.74 bits per heavy atom. The molecule has 138 valence electrons. The predicted octanol–water partition coefficient (Wildman–Crippen LogP) is 4.45. The highest BCUT2D eigenvalue weighted by molar-refractivity contribution is 6.31. The highest BCUT2D eigenvalue weighted by Gasteiger charge is 2.23. The molecule has 1 fully saturated rings. The van der Waals surface area contributed by atoms with Crippen LogP contribution in [0.1, 0.15) is 17.4 Å². The first kappa shape index (κ1) is 17.9. The molecule has 1 saturated heterocycles. The van der Waals surface area contributed by atoms with Crippen LogP contribution < -0.4 is 5.32 Å². The molecule has 1 atom stereocenters. The fourth-order valence-corrected chi connectivity index (χ4v) is 3.36. The maximum Gasteiger partial charge on any atom is 0.131 e. The lowest BCUT2D eigenvalue weighted by molar-refractivity contribution is -0.0349. The van der Waals surface area contributed by atoms with Crippen LogP contribution in [-0.2, 0) is 11.3 Å². The van der Waals surface area contributed by atoms with Crippen molar-refractivity contribution in [3.63, 3.8) is 0 Å². The maximum absolute atomic E-state index is 6.31. The molecule has 0 radical (unpaired) electrons. The van der Waals surface area contributed by atoms with Crippen molar-refractivity contribution < 1.29 is 4.74 Å². The summed E-state index contributed by atoms with van der Waals surface area (Å²) in [7, 11) is 0. The van der Waals surface area contributed by atoms with Gasteiger partial charge in [0.25, 0.3) is 0 Å². The van der Waals surface area contributed by atoms with E-state index >= 15 is 0 Å². The molecule has 0 aliphatic carbocycles. The van der Waals surface area contributed by atoms with E-state index in [1.807, 2.05) is 54.6 Å². The van der Waals surface area contributed by atoms with Crippen molar-refractivity contribution >= 4 is 23.2 Å². The molecule has 1 aromatic carbocycles. The molecule has 6 heteroatoms. The van der Waals surface area contributed by atoms with Gasteiger partial charge in [-0.2, -0.15) is 0 Å². The Balaban J connectivity index is 1.45. The molecule has 3 heterocycles. The summed E-state index contributed by atoms with van der Waals surface area (Å²) in [6.07, 6.45) is 1.69. The van der Waals surface area contributed by atoms with Crippen LogP contribution in [-0.4, -0.2) is 34.6 Å². The van der Waals surface area contributed by atoms with Crippen LogP contribution in [0.5, 0.6) is 0 Å². The number of hydrogen-bond acceptors (Lipinski definition) is 5. The van der Waals surface area contributed by atoms with Crippen molar-refractivity contribution in [3.05, 3.63) is 83.1 Å². The van der Waals surface area contributed by atoms with Gasteiger partial charge in [-0.15, -0.1) is 0 Å². The molecule has 0 amide bonds. The largest absolute Gasteiger partial charge is 0.369 e. The van der Waals surface area contributed by atoms with Crippen molar-refractivity contribution in [2.24, 2.45) is 0 Å². The summed E-state index contributed by atoms with van der Waals surface area (Å²) in [5.41, 5.74) is 2.05. The third-order valence-electron chi connectivity index (χ3n) is 4.52. The number of anilines is 2. The summed E-state index contributed by atoms with van der Waals surface area (Å²) in [6.45, 7) is 3.15. The zero-order valence-corrected chi connectivity index (χ0v) is 15.6. The van der Waals surface area contributed by atoms with E-state index < -0.39 is 0 Å². The average molecular weight is 381 g/mol. The van der Waals surface area contributed by atoms with E-state index in [1.165, 1.54) is 0 Å². The molecule has 1 aliphatic rings. The number of ether oxygens (including phenoxy) is 1. The maximum atomic E-state index is 6.31. The van der Waals surface area contributed by atoms with Gasteiger partial charge in [0.15, 0.2) is 0 Å². The Morgan fingerprint density at radius 1 is 1.04 bits per heavy atom. The van der Waals surface area contributed by atoms with Crippen LogP contribution in [0.4, 0.5) is 11.6 Å². The fourth-order valence-electron chi connectivity index (χ4n) is 3.16. The second kappa shape index (κ2) is 8.48. The van der Waals surface area contributed by atoms with E-state index in [-0.39, 0.29) is 6.10 Å². The Labute approximate surface area is 164 Å². The Bertz CT molecular complexity index is 890. The van der Waals surface area contributed by atoms with Crippen molar-refractivity contribution in [2.75, 3.05) is 25.0 Å². The molecule has 0 spiro atoms. The summed E-state index contributed by atoms with van der Waals surface area (Å²) >= 11 is 6.31. The summed E-state index contributed by atoms with van der Waals surface area (Å²) in [6, 6.07) is 19.7. The first-order chi connectivity index (χ1) is 13.3. The molecule has 0 saturated carbocycles. The van der Waals surface area contributed by atoms with Crippen LogP contribution in [0.3, 0.4) is 0 Å². The number of nitrogens with zero attached hydrogens (tertiary/aromatic N) is 3. The summed E-state index contributed by atoms with van der Waals surface area (Å²) in [5, 5.41) is 4.04. The van der Waals surface area contributed by atoms with E-state index in [1.54, 1.807) is 6.20 Å². The minimum Gasteiger partial charge on any atom is -0.369 e. The van der Waals surface area contributed by atoms with Crippen LogP contribution in [0.2, 0.25) is 5.02 Å². The molecule has 3 aromatic rings. The second-order valence-electron chi connectivity index (χ2n) is 6.47. The molecular weight excluding hydrogens is 360 g/mol. The topological polar surface area (TPSA) is 50.3 Å². The number of hydrogen-bond donors (Lipinski definition) is 1. The monoisotopic (exact) mass is 380 g/mol. The number of pyridine rings is 2. The third kappa shape index (κ3) is 4.63. The lowest BCUT2D eigenvalue weighted by atomic mass is 10.1. The molecular formula is C21H21ClN4O. The first-order valence-electron chi connectivity index (χ1n) is 9.00. The van der Waals surface area contributed by atoms with Gasteiger partial charge < -0.3 is 10.1 Å². The van der Waals surface area contributed by atoms with Gasteiger partial charge in [-0.1, -0.05) is 41.9 Å². The highest BCUT2D eigenvalue weighted by atomic mass is 35.5. The van der Waals surface area contributed by atoms with Crippen molar-refractivity contribution in [1.29, 1.82) is 0 Å². The molecule has 0 bridgehead atoms. The van der Waals surface area contributed by atoms with Gasteiger partial charge in [0.2, 0.25) is 0 Å². The number of rotatable bonds is 5. The van der Waals surface area contributed by atoms with Gasteiger partial charge in [0.05, 0.1) is 12.3 Å². The van der Waals surface area contributed by atoms with Gasteiger partial charge >= 0.3 is 0 Å². The first-order valence-corrected chi connectivity index (χ1v) is 9.38.